The van der Waals surface area contributed by atoms with Crippen molar-refractivity contribution in [2.45, 2.75) is 46.7 Å². The van der Waals surface area contributed by atoms with Gasteiger partial charge in [-0.15, -0.1) is 24.5 Å². The highest BCUT2D eigenvalue weighted by molar-refractivity contribution is 7.20. The zero-order chi connectivity index (χ0) is 21.7. The SMILES string of the molecule is C=C(C)CCOC(=O)c1sc2c(c1C)c(=O)n(CCC(=C)C)c(=O)n2CCOC. The molecule has 29 heavy (non-hydrogen) atoms. The van der Waals surface area contributed by atoms with Gasteiger partial charge in [0.25, 0.3) is 5.56 Å². The van der Waals surface area contributed by atoms with Crippen molar-refractivity contribution < 1.29 is 14.3 Å². The van der Waals surface area contributed by atoms with Crippen LogP contribution in [0, 0.1) is 6.92 Å². The van der Waals surface area contributed by atoms with Gasteiger partial charge in [-0.05, 0) is 32.8 Å². The number of ether oxygens (including phenoxy) is 2. The molecule has 0 atom stereocenters. The van der Waals surface area contributed by atoms with Crippen molar-refractivity contribution in [1.82, 2.24) is 9.13 Å². The highest BCUT2D eigenvalue weighted by atomic mass is 32.1. The molecule has 0 aromatic carbocycles. The van der Waals surface area contributed by atoms with Crippen molar-refractivity contribution in [3.05, 3.63) is 55.6 Å². The number of carbonyl (C=O) groups excluding carboxylic acids is 1. The molecule has 7 nitrogen and oxygen atoms in total. The van der Waals surface area contributed by atoms with Crippen molar-refractivity contribution in [3.8, 4) is 0 Å². The third-order valence-corrected chi connectivity index (χ3v) is 5.82. The number of esters is 1. The number of methoxy groups -OCH3 is 1. The van der Waals surface area contributed by atoms with Crippen LogP contribution in [0.4, 0.5) is 0 Å². The Morgan fingerprint density at radius 3 is 2.28 bits per heavy atom. The first kappa shape index (κ1) is 22.8. The van der Waals surface area contributed by atoms with E-state index in [9.17, 15) is 14.4 Å². The Morgan fingerprint density at radius 1 is 1.03 bits per heavy atom. The quantitative estimate of drug-likeness (QED) is 0.435. The predicted octanol–water partition coefficient (Wildman–Crippen LogP) is 3.27. The molecule has 0 unspecified atom stereocenters. The summed E-state index contributed by atoms with van der Waals surface area (Å²) in [6.07, 6.45) is 1.09. The van der Waals surface area contributed by atoms with Gasteiger partial charge in [0.05, 0.1) is 25.1 Å². The summed E-state index contributed by atoms with van der Waals surface area (Å²) in [7, 11) is 1.55. The third kappa shape index (κ3) is 5.13. The number of carbonyl (C=O) groups is 1. The van der Waals surface area contributed by atoms with E-state index in [2.05, 4.69) is 13.2 Å². The van der Waals surface area contributed by atoms with Gasteiger partial charge in [-0.3, -0.25) is 13.9 Å². The first-order valence-corrected chi connectivity index (χ1v) is 10.2. The standard InChI is InChI=1S/C21H28N2O5S/c1-13(2)7-9-22-18(24)16-15(5)17(20(25)28-11-8-14(3)4)29-19(16)23(21(22)26)10-12-27-6/h1,3,7-12H2,2,4-6H3. The minimum Gasteiger partial charge on any atom is -0.461 e. The molecular formula is C21H28N2O5S. The number of thiophene rings is 1. The van der Waals surface area contributed by atoms with Crippen LogP contribution in [0.1, 0.15) is 41.9 Å². The van der Waals surface area contributed by atoms with Crippen molar-refractivity contribution >= 4 is 27.5 Å². The maximum absolute atomic E-state index is 13.1. The third-order valence-electron chi connectivity index (χ3n) is 4.52. The monoisotopic (exact) mass is 420 g/mol. The molecule has 0 bridgehead atoms. The Labute approximate surface area is 173 Å². The van der Waals surface area contributed by atoms with Gasteiger partial charge in [0.1, 0.15) is 9.71 Å². The fraction of sp³-hybridized carbons (Fsp3) is 0.476. The highest BCUT2D eigenvalue weighted by Gasteiger charge is 2.23. The second-order valence-corrected chi connectivity index (χ2v) is 8.17. The molecule has 2 rings (SSSR count). The van der Waals surface area contributed by atoms with Crippen molar-refractivity contribution in [3.63, 3.8) is 0 Å². The maximum atomic E-state index is 13.1. The molecule has 0 aliphatic carbocycles. The van der Waals surface area contributed by atoms with Gasteiger partial charge in [0.15, 0.2) is 0 Å². The lowest BCUT2D eigenvalue weighted by Crippen LogP contribution is -2.40. The number of nitrogens with zero attached hydrogens (tertiary/aromatic N) is 2. The van der Waals surface area contributed by atoms with Gasteiger partial charge in [-0.2, -0.15) is 0 Å². The van der Waals surface area contributed by atoms with E-state index in [1.54, 1.807) is 14.0 Å². The van der Waals surface area contributed by atoms with E-state index in [-0.39, 0.29) is 19.7 Å². The van der Waals surface area contributed by atoms with Crippen LogP contribution in [0.2, 0.25) is 0 Å². The largest absolute Gasteiger partial charge is 0.461 e. The molecule has 0 saturated carbocycles. The summed E-state index contributed by atoms with van der Waals surface area (Å²) >= 11 is 1.11. The van der Waals surface area contributed by atoms with Gasteiger partial charge in [0.2, 0.25) is 0 Å². The van der Waals surface area contributed by atoms with Crippen LogP contribution < -0.4 is 11.2 Å². The topological polar surface area (TPSA) is 79.5 Å². The van der Waals surface area contributed by atoms with Crippen LogP contribution in [0.3, 0.4) is 0 Å². The average molecular weight is 421 g/mol. The molecule has 0 saturated heterocycles. The molecule has 2 aromatic heterocycles. The molecule has 0 amide bonds. The zero-order valence-electron chi connectivity index (χ0n) is 17.5. The number of aryl methyl sites for hydroxylation is 1. The molecule has 0 fully saturated rings. The smallest absolute Gasteiger partial charge is 0.348 e. The predicted molar refractivity (Wildman–Crippen MR) is 116 cm³/mol. The number of allylic oxidation sites excluding steroid dienone is 1. The lowest BCUT2D eigenvalue weighted by molar-refractivity contribution is 0.0514. The molecule has 0 aliphatic heterocycles. The molecule has 0 N–H and O–H groups in total. The van der Waals surface area contributed by atoms with Crippen LogP contribution in [0.25, 0.3) is 10.2 Å². The fourth-order valence-electron chi connectivity index (χ4n) is 2.85. The lowest BCUT2D eigenvalue weighted by atomic mass is 10.2. The van der Waals surface area contributed by atoms with Crippen LogP contribution in [0.5, 0.6) is 0 Å². The number of hydrogen-bond donors (Lipinski definition) is 0. The molecule has 0 spiro atoms. The van der Waals surface area contributed by atoms with E-state index in [1.165, 1.54) is 9.13 Å². The van der Waals surface area contributed by atoms with E-state index < -0.39 is 17.2 Å². The minimum atomic E-state index is -0.497. The van der Waals surface area contributed by atoms with Crippen LogP contribution in [-0.2, 0) is 22.6 Å². The second kappa shape index (κ2) is 9.84. The minimum absolute atomic E-state index is 0.223. The number of rotatable bonds is 10. The Bertz CT molecular complexity index is 1060. The summed E-state index contributed by atoms with van der Waals surface area (Å²) in [5.41, 5.74) is 1.52. The summed E-state index contributed by atoms with van der Waals surface area (Å²) in [5, 5.41) is 0.374. The summed E-state index contributed by atoms with van der Waals surface area (Å²) in [4.78, 5) is 39.4. The van der Waals surface area contributed by atoms with Crippen LogP contribution >= 0.6 is 11.3 Å². The first-order chi connectivity index (χ1) is 13.7. The number of hydrogen-bond acceptors (Lipinski definition) is 6. The Kier molecular flexibility index (Phi) is 7.75. The van der Waals surface area contributed by atoms with E-state index >= 15 is 0 Å². The van der Waals surface area contributed by atoms with Crippen molar-refractivity contribution in [2.75, 3.05) is 20.3 Å². The van der Waals surface area contributed by atoms with E-state index in [1.807, 2.05) is 13.8 Å². The molecule has 158 valence electrons. The van der Waals surface area contributed by atoms with Gasteiger partial charge in [0, 0.05) is 20.1 Å². The Morgan fingerprint density at radius 2 is 1.69 bits per heavy atom. The first-order valence-electron chi connectivity index (χ1n) is 9.40. The van der Waals surface area contributed by atoms with Crippen LogP contribution in [-0.4, -0.2) is 35.4 Å². The molecular weight excluding hydrogens is 392 g/mol. The second-order valence-electron chi connectivity index (χ2n) is 7.17. The fourth-order valence-corrected chi connectivity index (χ4v) is 4.07. The molecule has 0 aliphatic rings. The van der Waals surface area contributed by atoms with E-state index in [0.29, 0.717) is 40.1 Å². The Hall–Kier alpha value is -2.45. The number of aromatic nitrogens is 2. The van der Waals surface area contributed by atoms with Crippen molar-refractivity contribution in [2.24, 2.45) is 0 Å². The maximum Gasteiger partial charge on any atom is 0.348 e. The summed E-state index contributed by atoms with van der Waals surface area (Å²) in [5.74, 6) is -0.497. The van der Waals surface area contributed by atoms with Gasteiger partial charge in [-0.25, -0.2) is 9.59 Å². The molecule has 2 aromatic rings. The molecule has 8 heteroatoms. The summed E-state index contributed by atoms with van der Waals surface area (Å²) < 4.78 is 13.2. The molecule has 0 radical (unpaired) electrons. The Balaban J connectivity index is 2.60. The van der Waals surface area contributed by atoms with Gasteiger partial charge in [-0.1, -0.05) is 11.1 Å². The van der Waals surface area contributed by atoms with Crippen LogP contribution in [0.15, 0.2) is 33.9 Å². The zero-order valence-corrected chi connectivity index (χ0v) is 18.3. The summed E-state index contributed by atoms with van der Waals surface area (Å²) in [6, 6.07) is 0. The van der Waals surface area contributed by atoms with Gasteiger partial charge >= 0.3 is 11.7 Å². The van der Waals surface area contributed by atoms with Crippen molar-refractivity contribution in [1.29, 1.82) is 0 Å². The summed E-state index contributed by atoms with van der Waals surface area (Å²) in [6.45, 7) is 14.1. The van der Waals surface area contributed by atoms with Gasteiger partial charge < -0.3 is 9.47 Å². The van der Waals surface area contributed by atoms with E-state index in [0.717, 1.165) is 22.5 Å². The highest BCUT2D eigenvalue weighted by Crippen LogP contribution is 2.28. The average Bonchev–Trinajstić information content (AvgIpc) is 2.98. The molecule has 2 heterocycles. The number of fused-ring (bicyclic) bond motifs is 1. The normalized spacial score (nSPS) is 11.0. The van der Waals surface area contributed by atoms with E-state index in [4.69, 9.17) is 9.47 Å². The lowest BCUT2D eigenvalue weighted by Gasteiger charge is -2.12.